The molecule has 0 saturated heterocycles. The molecule has 0 heterocycles. The van der Waals surface area contributed by atoms with Crippen LogP contribution < -0.4 is 5.43 Å². The molecule has 3 rings (SSSR count). The van der Waals surface area contributed by atoms with E-state index >= 15 is 0 Å². The highest BCUT2D eigenvalue weighted by molar-refractivity contribution is 7.89. The highest BCUT2D eigenvalue weighted by Gasteiger charge is 2.27. The lowest BCUT2D eigenvalue weighted by atomic mass is 10.2. The maximum absolute atomic E-state index is 13.3. The van der Waals surface area contributed by atoms with Crippen molar-refractivity contribution >= 4 is 80.1 Å². The van der Waals surface area contributed by atoms with E-state index < -0.39 is 22.5 Å². The lowest BCUT2D eigenvalue weighted by molar-refractivity contribution is -0.121. The smallest absolute Gasteiger partial charge is 0.255 e. The van der Waals surface area contributed by atoms with Crippen LogP contribution in [0.25, 0.3) is 0 Å². The summed E-state index contributed by atoms with van der Waals surface area (Å²) < 4.78 is 27.6. The molecule has 0 radical (unpaired) electrons. The first-order valence-corrected chi connectivity index (χ1v) is 12.9. The van der Waals surface area contributed by atoms with E-state index in [2.05, 4.69) is 10.5 Å². The lowest BCUT2D eigenvalue weighted by Gasteiger charge is -2.22. The summed E-state index contributed by atoms with van der Waals surface area (Å²) in [7, 11) is -4.10. The molecule has 0 bridgehead atoms. The van der Waals surface area contributed by atoms with Crippen LogP contribution in [0.1, 0.15) is 11.1 Å². The lowest BCUT2D eigenvalue weighted by Crippen LogP contribution is -2.39. The molecule has 0 aliphatic carbocycles. The number of hydrogen-bond donors (Lipinski definition) is 1. The topological polar surface area (TPSA) is 78.8 Å². The molecule has 0 aliphatic rings. The van der Waals surface area contributed by atoms with Gasteiger partial charge in [-0.25, -0.2) is 13.8 Å². The van der Waals surface area contributed by atoms with E-state index in [-0.39, 0.29) is 21.5 Å². The quantitative estimate of drug-likeness (QED) is 0.252. The maximum Gasteiger partial charge on any atom is 0.255 e. The zero-order valence-corrected chi connectivity index (χ0v) is 21.8. The Balaban J connectivity index is 1.84. The number of halogens is 5. The number of sulfonamides is 1. The number of benzene rings is 3. The molecule has 1 N–H and O–H groups in total. The van der Waals surface area contributed by atoms with Crippen LogP contribution in [0.3, 0.4) is 0 Å². The predicted molar refractivity (Wildman–Crippen MR) is 138 cm³/mol. The van der Waals surface area contributed by atoms with E-state index in [1.54, 1.807) is 30.3 Å². The summed E-state index contributed by atoms with van der Waals surface area (Å²) in [5, 5.41) is 5.48. The minimum atomic E-state index is -4.10. The summed E-state index contributed by atoms with van der Waals surface area (Å²) in [5.74, 6) is -0.683. The van der Waals surface area contributed by atoms with Crippen molar-refractivity contribution in [3.05, 3.63) is 96.9 Å². The minimum Gasteiger partial charge on any atom is -0.272 e. The van der Waals surface area contributed by atoms with Crippen molar-refractivity contribution in [3.63, 3.8) is 0 Å². The molecule has 3 aromatic rings. The summed E-state index contributed by atoms with van der Waals surface area (Å²) in [5.41, 5.74) is 3.24. The van der Waals surface area contributed by atoms with Gasteiger partial charge >= 0.3 is 0 Å². The van der Waals surface area contributed by atoms with Crippen LogP contribution in [-0.2, 0) is 21.4 Å². The maximum atomic E-state index is 13.3. The van der Waals surface area contributed by atoms with Crippen molar-refractivity contribution in [2.45, 2.75) is 11.4 Å². The molecule has 0 fully saturated rings. The first-order valence-electron chi connectivity index (χ1n) is 9.53. The zero-order valence-electron chi connectivity index (χ0n) is 17.2. The highest BCUT2D eigenvalue weighted by atomic mass is 35.5. The van der Waals surface area contributed by atoms with Gasteiger partial charge in [-0.1, -0.05) is 76.2 Å². The fraction of sp³-hybridized carbons (Fsp3) is 0.0909. The molecule has 0 spiro atoms. The van der Waals surface area contributed by atoms with Crippen molar-refractivity contribution in [1.29, 1.82) is 0 Å². The molecule has 0 aromatic heterocycles. The van der Waals surface area contributed by atoms with Crippen LogP contribution in [0.15, 0.2) is 70.7 Å². The fourth-order valence-corrected chi connectivity index (χ4v) is 5.14. The molecule has 178 valence electrons. The first-order chi connectivity index (χ1) is 16.1. The van der Waals surface area contributed by atoms with Crippen LogP contribution in [0.2, 0.25) is 25.1 Å². The number of carbonyl (C=O) groups excluding carboxylic acids is 1. The average molecular weight is 580 g/mol. The molecule has 34 heavy (non-hydrogen) atoms. The SMILES string of the molecule is O=C(CN(Cc1ccc(Cl)cc1Cl)S(=O)(=O)c1ccc(Cl)cc1)N/N=C\c1cccc(Cl)c1Cl. The van der Waals surface area contributed by atoms with Crippen molar-refractivity contribution in [2.24, 2.45) is 5.10 Å². The molecule has 12 heteroatoms. The highest BCUT2D eigenvalue weighted by Crippen LogP contribution is 2.26. The Labute approximate surface area is 222 Å². The summed E-state index contributed by atoms with van der Waals surface area (Å²) in [6.45, 7) is -0.719. The van der Waals surface area contributed by atoms with Crippen molar-refractivity contribution in [2.75, 3.05) is 6.54 Å². The van der Waals surface area contributed by atoms with Crippen molar-refractivity contribution in [1.82, 2.24) is 9.73 Å². The number of rotatable bonds is 8. The number of nitrogens with zero attached hydrogens (tertiary/aromatic N) is 2. The third kappa shape index (κ3) is 6.86. The van der Waals surface area contributed by atoms with Crippen LogP contribution in [0, 0.1) is 0 Å². The van der Waals surface area contributed by atoms with Crippen LogP contribution in [0.5, 0.6) is 0 Å². The third-order valence-electron chi connectivity index (χ3n) is 4.51. The van der Waals surface area contributed by atoms with Crippen LogP contribution >= 0.6 is 58.0 Å². The van der Waals surface area contributed by atoms with Gasteiger partial charge in [0.25, 0.3) is 5.91 Å². The largest absolute Gasteiger partial charge is 0.272 e. The van der Waals surface area contributed by atoms with Crippen LogP contribution in [0.4, 0.5) is 0 Å². The number of carbonyl (C=O) groups is 1. The summed E-state index contributed by atoms with van der Waals surface area (Å²) in [4.78, 5) is 12.6. The van der Waals surface area contributed by atoms with Crippen LogP contribution in [-0.4, -0.2) is 31.4 Å². The van der Waals surface area contributed by atoms with Gasteiger partial charge in [0, 0.05) is 27.2 Å². The van der Waals surface area contributed by atoms with E-state index in [0.29, 0.717) is 26.2 Å². The van der Waals surface area contributed by atoms with Gasteiger partial charge in [-0.05, 0) is 48.0 Å². The van der Waals surface area contributed by atoms with Gasteiger partial charge in [0.1, 0.15) is 0 Å². The Bertz CT molecular complexity index is 1330. The van der Waals surface area contributed by atoms with Gasteiger partial charge in [0.15, 0.2) is 0 Å². The number of hydrogen-bond acceptors (Lipinski definition) is 4. The summed E-state index contributed by atoms with van der Waals surface area (Å²) in [6, 6.07) is 15.2. The van der Waals surface area contributed by atoms with Gasteiger partial charge < -0.3 is 0 Å². The molecule has 1 amide bonds. The minimum absolute atomic E-state index is 0.0380. The Hall–Kier alpha value is -1.84. The Morgan fingerprint density at radius 1 is 0.912 bits per heavy atom. The van der Waals surface area contributed by atoms with Gasteiger partial charge in [-0.15, -0.1) is 0 Å². The Morgan fingerprint density at radius 3 is 2.26 bits per heavy atom. The number of nitrogens with one attached hydrogen (secondary N) is 1. The zero-order chi connectivity index (χ0) is 24.9. The molecule has 0 aliphatic heterocycles. The Kier molecular flexibility index (Phi) is 9.23. The monoisotopic (exact) mass is 577 g/mol. The molecule has 0 unspecified atom stereocenters. The summed E-state index contributed by atoms with van der Waals surface area (Å²) in [6.07, 6.45) is 1.31. The standard InChI is InChI=1S/C22H16Cl5N3O3S/c23-16-6-8-18(9-7-16)34(32,33)30(12-15-4-5-17(24)10-20(15)26)13-21(31)29-28-11-14-2-1-3-19(25)22(14)27/h1-11H,12-13H2,(H,29,31)/b28-11-. The second kappa shape index (κ2) is 11.7. The van der Waals surface area contributed by atoms with E-state index in [1.807, 2.05) is 0 Å². The van der Waals surface area contributed by atoms with E-state index in [0.717, 1.165) is 4.31 Å². The number of hydrazone groups is 1. The molecule has 3 aromatic carbocycles. The fourth-order valence-electron chi connectivity index (χ4n) is 2.81. The number of amides is 1. The second-order valence-electron chi connectivity index (χ2n) is 6.90. The second-order valence-corrected chi connectivity index (χ2v) is 10.9. The first kappa shape index (κ1) is 26.8. The predicted octanol–water partition coefficient (Wildman–Crippen LogP) is 6.29. The molecule has 0 saturated carbocycles. The van der Waals surface area contributed by atoms with E-state index in [1.165, 1.54) is 36.5 Å². The van der Waals surface area contributed by atoms with Gasteiger partial charge in [-0.3, -0.25) is 4.79 Å². The van der Waals surface area contributed by atoms with Gasteiger partial charge in [-0.2, -0.15) is 9.41 Å². The van der Waals surface area contributed by atoms with Gasteiger partial charge in [0.05, 0.1) is 27.7 Å². The van der Waals surface area contributed by atoms with Crippen molar-refractivity contribution in [3.8, 4) is 0 Å². The molecule has 6 nitrogen and oxygen atoms in total. The normalized spacial score (nSPS) is 11.8. The summed E-state index contributed by atoms with van der Waals surface area (Å²) >= 11 is 30.1. The Morgan fingerprint density at radius 2 is 1.59 bits per heavy atom. The molecular weight excluding hydrogens is 564 g/mol. The van der Waals surface area contributed by atoms with Crippen molar-refractivity contribution < 1.29 is 13.2 Å². The van der Waals surface area contributed by atoms with E-state index in [9.17, 15) is 13.2 Å². The average Bonchev–Trinajstić information content (AvgIpc) is 2.78. The molecular formula is C22H16Cl5N3O3S. The van der Waals surface area contributed by atoms with E-state index in [4.69, 9.17) is 58.0 Å². The molecule has 0 atom stereocenters. The third-order valence-corrected chi connectivity index (χ3v) is 7.99. The van der Waals surface area contributed by atoms with Gasteiger partial charge in [0.2, 0.25) is 10.0 Å².